The number of nitrogens with zero attached hydrogens (tertiary/aromatic N) is 1. The lowest BCUT2D eigenvalue weighted by molar-refractivity contribution is 0.563. The molecule has 1 aromatic heterocycles. The van der Waals surface area contributed by atoms with Crippen LogP contribution in [-0.2, 0) is 4.79 Å². The first-order valence-corrected chi connectivity index (χ1v) is 5.05. The summed E-state index contributed by atoms with van der Waals surface area (Å²) in [6.07, 6.45) is 1.94. The van der Waals surface area contributed by atoms with Gasteiger partial charge in [0.15, 0.2) is 0 Å². The standard InChI is InChI=1S/C14H8NO/c16-9-11-5-3-7-14-12(11)8-10-4-1-2-6-13(10)15-14/h1-8H. The summed E-state index contributed by atoms with van der Waals surface area (Å²) in [5.41, 5.74) is 2.34. The molecule has 0 saturated heterocycles. The third-order valence-electron chi connectivity index (χ3n) is 2.67. The summed E-state index contributed by atoms with van der Waals surface area (Å²) in [6, 6.07) is 15.3. The molecule has 0 saturated carbocycles. The Labute approximate surface area is 92.5 Å². The molecule has 0 aliphatic rings. The van der Waals surface area contributed by atoms with Crippen LogP contribution in [0.25, 0.3) is 21.8 Å². The molecule has 2 heteroatoms. The van der Waals surface area contributed by atoms with Gasteiger partial charge < -0.3 is 0 Å². The number of hydrogen-bond donors (Lipinski definition) is 0. The minimum absolute atomic E-state index is 0.566. The van der Waals surface area contributed by atoms with Crippen LogP contribution in [0.3, 0.4) is 0 Å². The monoisotopic (exact) mass is 206 g/mol. The van der Waals surface area contributed by atoms with Crippen LogP contribution in [0, 0.1) is 0 Å². The molecule has 0 N–H and O–H groups in total. The molecule has 3 aromatic rings. The second kappa shape index (κ2) is 3.42. The lowest BCUT2D eigenvalue weighted by atomic mass is 10.1. The molecule has 0 atom stereocenters. The predicted octanol–water partition coefficient (Wildman–Crippen LogP) is 2.85. The van der Waals surface area contributed by atoms with E-state index in [9.17, 15) is 4.79 Å². The average Bonchev–Trinajstić information content (AvgIpc) is 2.35. The normalized spacial score (nSPS) is 10.8. The van der Waals surface area contributed by atoms with Gasteiger partial charge in [0.05, 0.1) is 11.0 Å². The van der Waals surface area contributed by atoms with Gasteiger partial charge >= 0.3 is 0 Å². The van der Waals surface area contributed by atoms with Crippen LogP contribution in [-0.4, -0.2) is 11.3 Å². The van der Waals surface area contributed by atoms with E-state index in [0.29, 0.717) is 5.56 Å². The number of hydrogen-bond acceptors (Lipinski definition) is 2. The quantitative estimate of drug-likeness (QED) is 0.573. The van der Waals surface area contributed by atoms with E-state index in [1.165, 1.54) is 0 Å². The maximum atomic E-state index is 10.8. The molecule has 16 heavy (non-hydrogen) atoms. The lowest BCUT2D eigenvalue weighted by Gasteiger charge is -2.02. The Morgan fingerprint density at radius 1 is 0.938 bits per heavy atom. The number of rotatable bonds is 1. The average molecular weight is 206 g/mol. The molecule has 75 valence electrons. The van der Waals surface area contributed by atoms with Crippen molar-refractivity contribution in [2.75, 3.05) is 0 Å². The third-order valence-corrected chi connectivity index (χ3v) is 2.67. The second-order valence-corrected chi connectivity index (χ2v) is 3.66. The van der Waals surface area contributed by atoms with Gasteiger partial charge in [0, 0.05) is 16.3 Å². The molecule has 0 amide bonds. The fourth-order valence-corrected chi connectivity index (χ4v) is 1.89. The number of aromatic nitrogens is 1. The lowest BCUT2D eigenvalue weighted by Crippen LogP contribution is -1.87. The van der Waals surface area contributed by atoms with Crippen molar-refractivity contribution in [1.82, 2.24) is 4.98 Å². The van der Waals surface area contributed by atoms with Crippen LogP contribution in [0.5, 0.6) is 0 Å². The molecule has 0 spiro atoms. The zero-order valence-corrected chi connectivity index (χ0v) is 8.47. The van der Waals surface area contributed by atoms with E-state index in [-0.39, 0.29) is 0 Å². The summed E-state index contributed by atoms with van der Waals surface area (Å²) in [5.74, 6) is 0. The second-order valence-electron chi connectivity index (χ2n) is 3.66. The maximum Gasteiger partial charge on any atom is 0.234 e. The summed E-state index contributed by atoms with van der Waals surface area (Å²) in [4.78, 5) is 15.3. The molecule has 1 radical (unpaired) electrons. The van der Waals surface area contributed by atoms with Crippen molar-refractivity contribution in [3.8, 4) is 0 Å². The molecule has 2 nitrogen and oxygen atoms in total. The van der Waals surface area contributed by atoms with E-state index in [2.05, 4.69) is 4.98 Å². The first kappa shape index (κ1) is 9.04. The fourth-order valence-electron chi connectivity index (χ4n) is 1.89. The molecule has 0 unspecified atom stereocenters. The highest BCUT2D eigenvalue weighted by atomic mass is 16.1. The van der Waals surface area contributed by atoms with Gasteiger partial charge in [0.1, 0.15) is 0 Å². The van der Waals surface area contributed by atoms with E-state index in [0.717, 1.165) is 21.8 Å². The predicted molar refractivity (Wildman–Crippen MR) is 64.0 cm³/mol. The smallest absolute Gasteiger partial charge is 0.234 e. The van der Waals surface area contributed by atoms with Gasteiger partial charge in [-0.1, -0.05) is 30.3 Å². The summed E-state index contributed by atoms with van der Waals surface area (Å²) < 4.78 is 0. The van der Waals surface area contributed by atoms with Crippen LogP contribution in [0.15, 0.2) is 48.5 Å². The van der Waals surface area contributed by atoms with Crippen molar-refractivity contribution in [2.24, 2.45) is 0 Å². The van der Waals surface area contributed by atoms with Crippen molar-refractivity contribution in [3.63, 3.8) is 0 Å². The van der Waals surface area contributed by atoms with Crippen molar-refractivity contribution >= 4 is 28.1 Å². The number of fused-ring (bicyclic) bond motifs is 2. The first-order valence-electron chi connectivity index (χ1n) is 5.05. The van der Waals surface area contributed by atoms with Crippen LogP contribution in [0.1, 0.15) is 5.56 Å². The Hall–Kier alpha value is -2.22. The summed E-state index contributed by atoms with van der Waals surface area (Å²) in [5, 5.41) is 1.90. The molecule has 0 aliphatic heterocycles. The number of benzene rings is 2. The van der Waals surface area contributed by atoms with Crippen molar-refractivity contribution in [2.45, 2.75) is 0 Å². The van der Waals surface area contributed by atoms with Crippen molar-refractivity contribution < 1.29 is 4.79 Å². The Balaban J connectivity index is 2.51. The topological polar surface area (TPSA) is 30.0 Å². The Kier molecular flexibility index (Phi) is 1.93. The van der Waals surface area contributed by atoms with Crippen LogP contribution < -0.4 is 0 Å². The summed E-state index contributed by atoms with van der Waals surface area (Å²) in [6.45, 7) is 0. The zero-order chi connectivity index (χ0) is 11.0. The third kappa shape index (κ3) is 1.27. The zero-order valence-electron chi connectivity index (χ0n) is 8.47. The van der Waals surface area contributed by atoms with Crippen LogP contribution in [0.4, 0.5) is 0 Å². The van der Waals surface area contributed by atoms with E-state index in [1.807, 2.05) is 48.8 Å². The van der Waals surface area contributed by atoms with E-state index in [4.69, 9.17) is 0 Å². The highest BCUT2D eigenvalue weighted by Crippen LogP contribution is 2.21. The van der Waals surface area contributed by atoms with Crippen molar-refractivity contribution in [1.29, 1.82) is 0 Å². The fraction of sp³-hybridized carbons (Fsp3) is 0. The highest BCUT2D eigenvalue weighted by Gasteiger charge is 2.03. The summed E-state index contributed by atoms with van der Waals surface area (Å²) in [7, 11) is 0. The van der Waals surface area contributed by atoms with E-state index < -0.39 is 0 Å². The van der Waals surface area contributed by atoms with Crippen LogP contribution in [0.2, 0.25) is 0 Å². The van der Waals surface area contributed by atoms with Gasteiger partial charge in [-0.25, -0.2) is 4.98 Å². The molecule has 0 fully saturated rings. The molecule has 0 aliphatic carbocycles. The minimum Gasteiger partial charge on any atom is -0.285 e. The Morgan fingerprint density at radius 2 is 1.75 bits per heavy atom. The number of pyridine rings is 1. The molecule has 2 aromatic carbocycles. The minimum atomic E-state index is 0.566. The highest BCUT2D eigenvalue weighted by molar-refractivity contribution is 6.01. The molecule has 1 heterocycles. The maximum absolute atomic E-state index is 10.8. The summed E-state index contributed by atoms with van der Waals surface area (Å²) >= 11 is 0. The van der Waals surface area contributed by atoms with Gasteiger partial charge in [-0.15, -0.1) is 0 Å². The number of carbonyl (C=O) groups excluding carboxylic acids is 1. The van der Waals surface area contributed by atoms with Gasteiger partial charge in [0.2, 0.25) is 6.29 Å². The Morgan fingerprint density at radius 3 is 2.62 bits per heavy atom. The van der Waals surface area contributed by atoms with Gasteiger partial charge in [-0.3, -0.25) is 4.79 Å². The van der Waals surface area contributed by atoms with E-state index in [1.54, 1.807) is 6.07 Å². The number of para-hydroxylation sites is 1. The SMILES string of the molecule is O=[C]c1cccc2nc3ccccc3cc12. The first-order chi connectivity index (χ1) is 7.88. The molecule has 0 bridgehead atoms. The van der Waals surface area contributed by atoms with Gasteiger partial charge in [-0.05, 0) is 18.2 Å². The molecular weight excluding hydrogens is 198 g/mol. The van der Waals surface area contributed by atoms with Crippen LogP contribution >= 0.6 is 0 Å². The molecular formula is C14H8NO. The van der Waals surface area contributed by atoms with Gasteiger partial charge in [0.25, 0.3) is 0 Å². The van der Waals surface area contributed by atoms with Gasteiger partial charge in [-0.2, -0.15) is 0 Å². The van der Waals surface area contributed by atoms with Crippen molar-refractivity contribution in [3.05, 3.63) is 54.1 Å². The van der Waals surface area contributed by atoms with E-state index >= 15 is 0 Å². The largest absolute Gasteiger partial charge is 0.285 e. The molecule has 3 rings (SSSR count). The Bertz CT molecular complexity index is 688.